The first-order chi connectivity index (χ1) is 17.5. The van der Waals surface area contributed by atoms with Gasteiger partial charge in [0, 0.05) is 47.9 Å². The number of ether oxygens (including phenoxy) is 2. The number of amides is 2. The minimum Gasteiger partial charge on any atom is -0.492 e. The van der Waals surface area contributed by atoms with Crippen LogP contribution in [0.3, 0.4) is 0 Å². The zero-order valence-electron chi connectivity index (χ0n) is 20.5. The lowest BCUT2D eigenvalue weighted by Crippen LogP contribution is -2.55. The first-order valence-electron chi connectivity index (χ1n) is 11.7. The molecule has 0 bridgehead atoms. The number of carboxylic acid groups (broad SMARTS) is 1. The van der Waals surface area contributed by atoms with Crippen LogP contribution in [0.2, 0.25) is 5.02 Å². The van der Waals surface area contributed by atoms with Gasteiger partial charge in [-0.25, -0.2) is 19.0 Å². The molecule has 3 aromatic rings. The Hall–Kier alpha value is -3.15. The molecule has 9 nitrogen and oxygen atoms in total. The van der Waals surface area contributed by atoms with E-state index in [-0.39, 0.29) is 15.9 Å². The van der Waals surface area contributed by atoms with Crippen LogP contribution in [0.15, 0.2) is 24.3 Å². The third-order valence-electron chi connectivity index (χ3n) is 6.22. The van der Waals surface area contributed by atoms with E-state index in [4.69, 9.17) is 21.1 Å². The second kappa shape index (κ2) is 9.62. The zero-order chi connectivity index (χ0) is 26.5. The van der Waals surface area contributed by atoms with Crippen molar-refractivity contribution in [3.8, 4) is 16.9 Å². The normalized spacial score (nSPS) is 18.0. The van der Waals surface area contributed by atoms with Gasteiger partial charge in [0.1, 0.15) is 23.8 Å². The number of thiazole rings is 1. The maximum absolute atomic E-state index is 14.7. The molecular formula is C25H26ClFN4O5S. The Bertz CT molecular complexity index is 1390. The zero-order valence-corrected chi connectivity index (χ0v) is 22.1. The van der Waals surface area contributed by atoms with Crippen LogP contribution in [-0.4, -0.2) is 70.0 Å². The molecule has 2 aliphatic rings. The summed E-state index contributed by atoms with van der Waals surface area (Å²) in [5.74, 6) is 0.172. The number of fused-ring (bicyclic) bond motifs is 3. The van der Waals surface area contributed by atoms with E-state index in [1.807, 2.05) is 12.1 Å². The van der Waals surface area contributed by atoms with Gasteiger partial charge in [-0.1, -0.05) is 22.9 Å². The summed E-state index contributed by atoms with van der Waals surface area (Å²) < 4.78 is 26.4. The van der Waals surface area contributed by atoms with Crippen molar-refractivity contribution >= 4 is 50.5 Å². The molecule has 2 aromatic carbocycles. The monoisotopic (exact) mass is 548 g/mol. The number of benzene rings is 2. The third-order valence-corrected chi connectivity index (χ3v) is 7.52. The summed E-state index contributed by atoms with van der Waals surface area (Å²) in [6.07, 6.45) is -1.61. The minimum absolute atomic E-state index is 0.0722. The second-order valence-electron chi connectivity index (χ2n) is 10.0. The van der Waals surface area contributed by atoms with Crippen molar-refractivity contribution in [1.82, 2.24) is 14.8 Å². The fourth-order valence-electron chi connectivity index (χ4n) is 4.53. The number of nitrogens with zero attached hydrogens (tertiary/aromatic N) is 3. The average Bonchev–Trinajstić information content (AvgIpc) is 3.14. The molecule has 1 saturated heterocycles. The van der Waals surface area contributed by atoms with Crippen LogP contribution in [0.1, 0.15) is 26.3 Å². The highest BCUT2D eigenvalue weighted by molar-refractivity contribution is 7.22. The van der Waals surface area contributed by atoms with Crippen molar-refractivity contribution in [3.05, 3.63) is 40.7 Å². The maximum atomic E-state index is 14.7. The van der Waals surface area contributed by atoms with Crippen molar-refractivity contribution in [2.24, 2.45) is 0 Å². The van der Waals surface area contributed by atoms with Gasteiger partial charge in [-0.3, -0.25) is 10.2 Å². The van der Waals surface area contributed by atoms with Crippen LogP contribution in [-0.2, 0) is 11.3 Å². The molecule has 1 atom stereocenters. The fourth-order valence-corrected chi connectivity index (χ4v) is 5.70. The summed E-state index contributed by atoms with van der Waals surface area (Å²) in [6.45, 7) is 7.56. The van der Waals surface area contributed by atoms with Crippen LogP contribution >= 0.6 is 22.9 Å². The Kier molecular flexibility index (Phi) is 6.63. The van der Waals surface area contributed by atoms with Gasteiger partial charge in [0.25, 0.3) is 0 Å². The molecule has 0 aliphatic carbocycles. The van der Waals surface area contributed by atoms with E-state index in [1.54, 1.807) is 26.8 Å². The van der Waals surface area contributed by atoms with Crippen molar-refractivity contribution in [3.63, 3.8) is 0 Å². The average molecular weight is 549 g/mol. The van der Waals surface area contributed by atoms with E-state index in [0.717, 1.165) is 16.9 Å². The van der Waals surface area contributed by atoms with Gasteiger partial charge in [0.05, 0.1) is 16.3 Å². The summed E-state index contributed by atoms with van der Waals surface area (Å²) in [7, 11) is 0. The molecule has 0 spiro atoms. The van der Waals surface area contributed by atoms with Crippen molar-refractivity contribution < 1.29 is 28.6 Å². The Morgan fingerprint density at radius 2 is 2.05 bits per heavy atom. The van der Waals surface area contributed by atoms with Gasteiger partial charge in [-0.05, 0) is 45.0 Å². The number of carbonyl (C=O) groups is 2. The summed E-state index contributed by atoms with van der Waals surface area (Å²) in [5.41, 5.74) is 1.78. The maximum Gasteiger partial charge on any atom is 0.413 e. The number of anilines is 1. The largest absolute Gasteiger partial charge is 0.492 e. The molecule has 0 saturated carbocycles. The highest BCUT2D eigenvalue weighted by Crippen LogP contribution is 2.41. The number of aromatic nitrogens is 1. The topological polar surface area (TPSA) is 104 Å². The van der Waals surface area contributed by atoms with Gasteiger partial charge in [0.15, 0.2) is 5.13 Å². The van der Waals surface area contributed by atoms with E-state index in [9.17, 15) is 19.1 Å². The molecule has 3 heterocycles. The Morgan fingerprint density at radius 1 is 1.27 bits per heavy atom. The Morgan fingerprint density at radius 3 is 2.78 bits per heavy atom. The molecule has 2 N–H and O–H groups in total. The van der Waals surface area contributed by atoms with Crippen LogP contribution < -0.4 is 10.1 Å². The number of nitrogens with one attached hydrogen (secondary N) is 1. The molecule has 2 aliphatic heterocycles. The van der Waals surface area contributed by atoms with E-state index in [0.29, 0.717) is 60.2 Å². The molecule has 1 aromatic heterocycles. The molecule has 5 rings (SSSR count). The molecule has 196 valence electrons. The van der Waals surface area contributed by atoms with E-state index in [1.165, 1.54) is 11.0 Å². The van der Waals surface area contributed by atoms with Crippen molar-refractivity contribution in [1.29, 1.82) is 0 Å². The lowest BCUT2D eigenvalue weighted by molar-refractivity contribution is 0.0503. The van der Waals surface area contributed by atoms with Gasteiger partial charge in [-0.15, -0.1) is 0 Å². The standard InChI is InChI=1S/C25H26ClFN4O5S/c1-25(2,3)36-23(32)29-22-28-20-15(4-5-18(27)21(20)37-22)16-9-19-13(8-17(16)26)10-30-6-7-31(24(33)34)11-14(30)12-35-19/h4-5,8-9,14H,6-7,10-12H2,1-3H3,(H,33,34)(H,28,29,32)/t14-/m0/s1. The molecule has 12 heteroatoms. The van der Waals surface area contributed by atoms with Gasteiger partial charge >= 0.3 is 12.2 Å². The molecular weight excluding hydrogens is 523 g/mol. The van der Waals surface area contributed by atoms with Crippen molar-refractivity contribution in [2.75, 3.05) is 31.6 Å². The smallest absolute Gasteiger partial charge is 0.413 e. The highest BCUT2D eigenvalue weighted by Gasteiger charge is 2.33. The highest BCUT2D eigenvalue weighted by atomic mass is 35.5. The molecule has 1 fully saturated rings. The summed E-state index contributed by atoms with van der Waals surface area (Å²) in [4.78, 5) is 31.7. The van der Waals surface area contributed by atoms with Gasteiger partial charge in [0.2, 0.25) is 0 Å². The fraction of sp³-hybridized carbons (Fsp3) is 0.400. The number of hydrogen-bond acceptors (Lipinski definition) is 7. The predicted octanol–water partition coefficient (Wildman–Crippen LogP) is 5.66. The van der Waals surface area contributed by atoms with Crippen LogP contribution in [0.5, 0.6) is 5.75 Å². The SMILES string of the molecule is CC(C)(C)OC(=O)Nc1nc2c(-c3cc4c(cc3Cl)CN3CCN(C(=O)O)C[C@H]3CO4)ccc(F)c2s1. The number of hydrogen-bond donors (Lipinski definition) is 2. The van der Waals surface area contributed by atoms with E-state index < -0.39 is 23.6 Å². The number of carbonyl (C=O) groups excluding carboxylic acids is 1. The van der Waals surface area contributed by atoms with Crippen LogP contribution in [0.25, 0.3) is 21.3 Å². The summed E-state index contributed by atoms with van der Waals surface area (Å²) in [6, 6.07) is 6.53. The Labute approximate surface area is 221 Å². The van der Waals surface area contributed by atoms with Crippen molar-refractivity contribution in [2.45, 2.75) is 39.0 Å². The van der Waals surface area contributed by atoms with Gasteiger partial charge in [-0.2, -0.15) is 0 Å². The number of halogens is 2. The molecule has 0 unspecified atom stereocenters. The quantitative estimate of drug-likeness (QED) is 0.426. The third kappa shape index (κ3) is 5.29. The van der Waals surface area contributed by atoms with Crippen LogP contribution in [0, 0.1) is 5.82 Å². The van der Waals surface area contributed by atoms with E-state index >= 15 is 0 Å². The minimum atomic E-state index is -0.934. The lowest BCUT2D eigenvalue weighted by Gasteiger charge is -2.38. The number of rotatable bonds is 2. The molecule has 0 radical (unpaired) electrons. The predicted molar refractivity (Wildman–Crippen MR) is 139 cm³/mol. The lowest BCUT2D eigenvalue weighted by atomic mass is 10.0. The Balaban J connectivity index is 1.47. The first-order valence-corrected chi connectivity index (χ1v) is 12.9. The van der Waals surface area contributed by atoms with E-state index in [2.05, 4.69) is 15.2 Å². The van der Waals surface area contributed by atoms with Gasteiger partial charge < -0.3 is 19.5 Å². The first kappa shape index (κ1) is 25.5. The summed E-state index contributed by atoms with van der Waals surface area (Å²) in [5, 5.41) is 12.6. The summed E-state index contributed by atoms with van der Waals surface area (Å²) >= 11 is 7.73. The van der Waals surface area contributed by atoms with Crippen LogP contribution in [0.4, 0.5) is 19.1 Å². The number of piperazine rings is 1. The molecule has 37 heavy (non-hydrogen) atoms. The second-order valence-corrected chi connectivity index (χ2v) is 11.4. The molecule has 2 amide bonds.